The summed E-state index contributed by atoms with van der Waals surface area (Å²) in [7, 11) is 0. The number of hydrogen-bond donors (Lipinski definition) is 1. The molecule has 22 heavy (non-hydrogen) atoms. The largest absolute Gasteiger partial charge is 0.352 e. The van der Waals surface area contributed by atoms with E-state index >= 15 is 0 Å². The summed E-state index contributed by atoms with van der Waals surface area (Å²) in [6, 6.07) is -0.150. The molecule has 1 saturated carbocycles. The average molecular weight is 327 g/mol. The van der Waals surface area contributed by atoms with Gasteiger partial charge in [0, 0.05) is 17.7 Å². The van der Waals surface area contributed by atoms with Gasteiger partial charge in [0.25, 0.3) is 0 Å². The summed E-state index contributed by atoms with van der Waals surface area (Å²) in [5.74, 6) is 2.06. The van der Waals surface area contributed by atoms with Crippen LogP contribution in [0.1, 0.15) is 53.9 Å². The van der Waals surface area contributed by atoms with Gasteiger partial charge in [-0.25, -0.2) is 0 Å². The molecule has 4 nitrogen and oxygen atoms in total. The minimum Gasteiger partial charge on any atom is -0.352 e. The summed E-state index contributed by atoms with van der Waals surface area (Å²) in [5, 5.41) is 3.26. The first kappa shape index (κ1) is 17.6. The van der Waals surface area contributed by atoms with Gasteiger partial charge >= 0.3 is 0 Å². The SMILES string of the molecule is CC(C)CC1SCC(C(=O)NC(C)C(C)C)N1C(=O)C1CC1. The minimum absolute atomic E-state index is 0.0222. The zero-order valence-electron chi connectivity index (χ0n) is 14.5. The Morgan fingerprint density at radius 1 is 1.18 bits per heavy atom. The summed E-state index contributed by atoms with van der Waals surface area (Å²) < 4.78 is 0. The number of amides is 2. The Morgan fingerprint density at radius 2 is 1.82 bits per heavy atom. The van der Waals surface area contributed by atoms with E-state index in [-0.39, 0.29) is 35.2 Å². The summed E-state index contributed by atoms with van der Waals surface area (Å²) in [6.07, 6.45) is 2.95. The van der Waals surface area contributed by atoms with Crippen molar-refractivity contribution in [1.82, 2.24) is 10.2 Å². The van der Waals surface area contributed by atoms with Gasteiger partial charge in [0.1, 0.15) is 6.04 Å². The Bertz CT molecular complexity index is 421. The van der Waals surface area contributed by atoms with E-state index in [1.54, 1.807) is 11.8 Å². The molecule has 126 valence electrons. The third-order valence-corrected chi connectivity index (χ3v) is 5.93. The van der Waals surface area contributed by atoms with Gasteiger partial charge in [-0.3, -0.25) is 9.59 Å². The van der Waals surface area contributed by atoms with Gasteiger partial charge in [-0.05, 0) is 38.0 Å². The maximum Gasteiger partial charge on any atom is 0.243 e. The van der Waals surface area contributed by atoms with Crippen molar-refractivity contribution in [2.75, 3.05) is 5.75 Å². The molecule has 0 aromatic rings. The van der Waals surface area contributed by atoms with Crippen molar-refractivity contribution >= 4 is 23.6 Å². The predicted octanol–water partition coefficient (Wildman–Crippen LogP) is 2.87. The van der Waals surface area contributed by atoms with Crippen LogP contribution in [0.15, 0.2) is 0 Å². The molecular formula is C17H30N2O2S. The molecule has 0 aromatic heterocycles. The van der Waals surface area contributed by atoms with Crippen LogP contribution in [0.3, 0.4) is 0 Å². The van der Waals surface area contributed by atoms with Gasteiger partial charge < -0.3 is 10.2 Å². The first-order chi connectivity index (χ1) is 10.3. The van der Waals surface area contributed by atoms with Crippen molar-refractivity contribution in [3.8, 4) is 0 Å². The van der Waals surface area contributed by atoms with Crippen LogP contribution in [0.2, 0.25) is 0 Å². The Kier molecular flexibility index (Phi) is 5.81. The Balaban J connectivity index is 2.07. The highest BCUT2D eigenvalue weighted by Gasteiger charge is 2.46. The molecule has 0 aromatic carbocycles. The zero-order valence-corrected chi connectivity index (χ0v) is 15.3. The molecule has 0 bridgehead atoms. The normalized spacial score (nSPS) is 26.6. The first-order valence-electron chi connectivity index (χ1n) is 8.55. The van der Waals surface area contributed by atoms with Gasteiger partial charge in [0.05, 0.1) is 5.37 Å². The molecule has 2 aliphatic rings. The van der Waals surface area contributed by atoms with E-state index in [0.717, 1.165) is 25.0 Å². The quantitative estimate of drug-likeness (QED) is 0.816. The molecule has 3 atom stereocenters. The lowest BCUT2D eigenvalue weighted by molar-refractivity contribution is -0.141. The number of carbonyl (C=O) groups is 2. The molecule has 1 aliphatic carbocycles. The van der Waals surface area contributed by atoms with E-state index in [9.17, 15) is 9.59 Å². The molecule has 3 unspecified atom stereocenters. The molecule has 2 rings (SSSR count). The van der Waals surface area contributed by atoms with E-state index in [1.165, 1.54) is 0 Å². The number of rotatable bonds is 6. The van der Waals surface area contributed by atoms with Gasteiger partial charge in [0.15, 0.2) is 0 Å². The second-order valence-electron chi connectivity index (χ2n) is 7.49. The number of nitrogens with one attached hydrogen (secondary N) is 1. The van der Waals surface area contributed by atoms with Gasteiger partial charge in [-0.2, -0.15) is 0 Å². The average Bonchev–Trinajstić information content (AvgIpc) is 3.19. The molecule has 2 amide bonds. The maximum atomic E-state index is 12.7. The highest BCUT2D eigenvalue weighted by atomic mass is 32.2. The van der Waals surface area contributed by atoms with E-state index in [4.69, 9.17) is 0 Å². The molecule has 2 fully saturated rings. The summed E-state index contributed by atoms with van der Waals surface area (Å²) >= 11 is 1.77. The second-order valence-corrected chi connectivity index (χ2v) is 8.71. The lowest BCUT2D eigenvalue weighted by atomic mass is 10.1. The number of hydrogen-bond acceptors (Lipinski definition) is 3. The van der Waals surface area contributed by atoms with E-state index in [0.29, 0.717) is 11.8 Å². The minimum atomic E-state index is -0.289. The highest BCUT2D eigenvalue weighted by Crippen LogP contribution is 2.39. The Morgan fingerprint density at radius 3 is 2.32 bits per heavy atom. The van der Waals surface area contributed by atoms with Gasteiger partial charge in [0.2, 0.25) is 11.8 Å². The molecule has 1 N–H and O–H groups in total. The zero-order chi connectivity index (χ0) is 16.4. The molecule has 1 saturated heterocycles. The molecule has 5 heteroatoms. The summed E-state index contributed by atoms with van der Waals surface area (Å²) in [5.41, 5.74) is 0. The van der Waals surface area contributed by atoms with Crippen molar-refractivity contribution in [2.45, 2.75) is 71.3 Å². The Labute approximate surface area is 138 Å². The fraction of sp³-hybridized carbons (Fsp3) is 0.882. The molecule has 1 aliphatic heterocycles. The van der Waals surface area contributed by atoms with Crippen LogP contribution in [0.5, 0.6) is 0 Å². The van der Waals surface area contributed by atoms with Crippen molar-refractivity contribution in [1.29, 1.82) is 0 Å². The fourth-order valence-electron chi connectivity index (χ4n) is 2.67. The van der Waals surface area contributed by atoms with Crippen LogP contribution in [-0.4, -0.2) is 39.9 Å². The number of nitrogens with zero attached hydrogens (tertiary/aromatic N) is 1. The third kappa shape index (κ3) is 4.18. The topological polar surface area (TPSA) is 49.4 Å². The summed E-state index contributed by atoms with van der Waals surface area (Å²) in [4.78, 5) is 27.2. The van der Waals surface area contributed by atoms with E-state index in [1.807, 2.05) is 11.8 Å². The van der Waals surface area contributed by atoms with Crippen molar-refractivity contribution in [3.63, 3.8) is 0 Å². The maximum absolute atomic E-state index is 12.7. The van der Waals surface area contributed by atoms with Gasteiger partial charge in [-0.1, -0.05) is 27.7 Å². The highest BCUT2D eigenvalue weighted by molar-refractivity contribution is 8.00. The molecule has 1 heterocycles. The first-order valence-corrected chi connectivity index (χ1v) is 9.60. The van der Waals surface area contributed by atoms with Crippen molar-refractivity contribution < 1.29 is 9.59 Å². The molecule has 0 spiro atoms. The monoisotopic (exact) mass is 326 g/mol. The fourth-order valence-corrected chi connectivity index (χ4v) is 4.32. The van der Waals surface area contributed by atoms with Crippen LogP contribution >= 0.6 is 11.8 Å². The van der Waals surface area contributed by atoms with Crippen LogP contribution in [0, 0.1) is 17.8 Å². The number of carbonyl (C=O) groups excluding carboxylic acids is 2. The third-order valence-electron chi connectivity index (χ3n) is 4.62. The summed E-state index contributed by atoms with van der Waals surface area (Å²) in [6.45, 7) is 10.6. The second kappa shape index (κ2) is 7.24. The van der Waals surface area contributed by atoms with Crippen LogP contribution in [-0.2, 0) is 9.59 Å². The number of thioether (sulfide) groups is 1. The van der Waals surface area contributed by atoms with Crippen molar-refractivity contribution in [2.24, 2.45) is 17.8 Å². The van der Waals surface area contributed by atoms with E-state index < -0.39 is 0 Å². The smallest absolute Gasteiger partial charge is 0.243 e. The van der Waals surface area contributed by atoms with Gasteiger partial charge in [-0.15, -0.1) is 11.8 Å². The van der Waals surface area contributed by atoms with Crippen LogP contribution < -0.4 is 5.32 Å². The molecular weight excluding hydrogens is 296 g/mol. The van der Waals surface area contributed by atoms with Crippen molar-refractivity contribution in [3.05, 3.63) is 0 Å². The molecule has 0 radical (unpaired) electrons. The predicted molar refractivity (Wildman–Crippen MR) is 91.5 cm³/mol. The lowest BCUT2D eigenvalue weighted by Gasteiger charge is -2.31. The lowest BCUT2D eigenvalue weighted by Crippen LogP contribution is -2.52. The van der Waals surface area contributed by atoms with Crippen LogP contribution in [0.4, 0.5) is 0 Å². The van der Waals surface area contributed by atoms with E-state index in [2.05, 4.69) is 33.0 Å². The van der Waals surface area contributed by atoms with Crippen LogP contribution in [0.25, 0.3) is 0 Å². The standard InChI is InChI=1S/C17H30N2O2S/c1-10(2)8-15-19(17(21)13-6-7-13)14(9-22-15)16(20)18-12(5)11(3)4/h10-15H,6-9H2,1-5H3,(H,18,20). The Hall–Kier alpha value is -0.710.